The zero-order valence-corrected chi connectivity index (χ0v) is 31.7. The van der Waals surface area contributed by atoms with E-state index in [0.717, 1.165) is 22.3 Å². The predicted octanol–water partition coefficient (Wildman–Crippen LogP) is 9.59. The van der Waals surface area contributed by atoms with E-state index in [0.29, 0.717) is 56.7 Å². The molecule has 0 bridgehead atoms. The minimum atomic E-state index is -1.06. The van der Waals surface area contributed by atoms with E-state index in [1.54, 1.807) is 42.5 Å². The van der Waals surface area contributed by atoms with Crippen molar-refractivity contribution in [2.75, 3.05) is 12.0 Å². The Hall–Kier alpha value is -5.62. The Morgan fingerprint density at radius 2 is 1.56 bits per heavy atom. The van der Waals surface area contributed by atoms with Crippen LogP contribution in [0.25, 0.3) is 5.76 Å². The Balaban J connectivity index is 1.22. The van der Waals surface area contributed by atoms with Crippen molar-refractivity contribution < 1.29 is 28.9 Å². The molecule has 54 heavy (non-hydrogen) atoms. The molecule has 1 fully saturated rings. The quantitative estimate of drug-likeness (QED) is 0.0403. The van der Waals surface area contributed by atoms with Crippen molar-refractivity contribution in [2.24, 2.45) is 0 Å². The van der Waals surface area contributed by atoms with Gasteiger partial charge in [-0.15, -0.1) is 10.2 Å². The lowest BCUT2D eigenvalue weighted by Gasteiger charge is -2.23. The lowest BCUT2D eigenvalue weighted by molar-refractivity contribution is -0.132. The van der Waals surface area contributed by atoms with E-state index in [9.17, 15) is 14.7 Å². The number of nitrogens with zero attached hydrogens (tertiary/aromatic N) is 3. The zero-order valence-electron chi connectivity index (χ0n) is 29.3. The topological polar surface area (TPSA) is 111 Å². The maximum absolute atomic E-state index is 13.9. The number of amides is 1. The van der Waals surface area contributed by atoms with E-state index in [1.165, 1.54) is 35.1 Å². The van der Waals surface area contributed by atoms with Gasteiger partial charge in [-0.05, 0) is 77.2 Å². The molecule has 1 aliphatic rings. The Bertz CT molecular complexity index is 2330. The highest BCUT2D eigenvalue weighted by Gasteiger charge is 2.48. The summed E-state index contributed by atoms with van der Waals surface area (Å²) >= 11 is 8.95. The van der Waals surface area contributed by atoms with Gasteiger partial charge < -0.3 is 19.3 Å². The fraction of sp³-hybridized carbons (Fsp3) is 0.143. The van der Waals surface area contributed by atoms with E-state index in [-0.39, 0.29) is 16.5 Å². The highest BCUT2D eigenvalue weighted by Crippen LogP contribution is 2.46. The number of thioether (sulfide) groups is 1. The van der Waals surface area contributed by atoms with Crippen molar-refractivity contribution in [1.29, 1.82) is 0 Å². The number of halogens is 1. The van der Waals surface area contributed by atoms with Crippen molar-refractivity contribution >= 4 is 57.3 Å². The Kier molecular flexibility index (Phi) is 11.3. The third-order valence-electron chi connectivity index (χ3n) is 8.88. The first-order valence-corrected chi connectivity index (χ1v) is 19.1. The second kappa shape index (κ2) is 16.6. The smallest absolute Gasteiger partial charge is 0.301 e. The number of rotatable bonds is 13. The molecule has 12 heteroatoms. The number of anilines is 1. The standard InChI is InChI=1S/C42H34ClN3O6S2/c1-26-10-6-7-13-30(26)24-51-32-19-16-28(17-20-32)38(47)36-37(29-18-21-34(35(22-29)50-2)52-23-27-11-4-3-5-12-27)46(40(49)39(36)48)41-44-45-42(54-41)53-25-31-14-8-9-15-33(31)43/h3-22,37,47H,23-25H2,1-2H3/b38-36+. The number of aliphatic hydroxyl groups excluding tert-OH is 1. The summed E-state index contributed by atoms with van der Waals surface area (Å²) in [5.74, 6) is -0.0769. The van der Waals surface area contributed by atoms with Crippen molar-refractivity contribution in [2.45, 2.75) is 36.3 Å². The molecule has 272 valence electrons. The number of ketones is 1. The number of carbonyl (C=O) groups is 2. The molecule has 0 saturated carbocycles. The third kappa shape index (κ3) is 7.98. The molecular weight excluding hydrogens is 742 g/mol. The summed E-state index contributed by atoms with van der Waals surface area (Å²) in [5, 5.41) is 21.3. The number of ether oxygens (including phenoxy) is 3. The van der Waals surface area contributed by atoms with Crippen LogP contribution in [0, 0.1) is 6.92 Å². The van der Waals surface area contributed by atoms with Gasteiger partial charge in [-0.2, -0.15) is 0 Å². The number of Topliss-reactive ketones (excluding diaryl/α,β-unsaturated/α-hetero) is 1. The maximum atomic E-state index is 13.9. The van der Waals surface area contributed by atoms with Crippen LogP contribution in [-0.2, 0) is 28.6 Å². The van der Waals surface area contributed by atoms with E-state index in [2.05, 4.69) is 10.2 Å². The molecule has 0 spiro atoms. The van der Waals surface area contributed by atoms with Crippen LogP contribution < -0.4 is 19.1 Å². The first kappa shape index (κ1) is 36.7. The second-order valence-corrected chi connectivity index (χ2v) is 14.9. The summed E-state index contributed by atoms with van der Waals surface area (Å²) in [5.41, 5.74) is 4.80. The minimum Gasteiger partial charge on any atom is -0.507 e. The summed E-state index contributed by atoms with van der Waals surface area (Å²) in [6.07, 6.45) is 0. The molecule has 1 saturated heterocycles. The minimum absolute atomic E-state index is 0.103. The molecule has 1 unspecified atom stereocenters. The van der Waals surface area contributed by atoms with Crippen molar-refractivity contribution in [3.05, 3.63) is 165 Å². The number of hydrogen-bond acceptors (Lipinski definition) is 10. The predicted molar refractivity (Wildman–Crippen MR) is 211 cm³/mol. The monoisotopic (exact) mass is 775 g/mol. The molecule has 1 aromatic heterocycles. The molecular formula is C42H34ClN3O6S2. The lowest BCUT2D eigenvalue weighted by Crippen LogP contribution is -2.29. The molecule has 1 N–H and O–H groups in total. The SMILES string of the molecule is COc1cc(C2/C(=C(\O)c3ccc(OCc4ccccc4C)cc3)C(=O)C(=O)N2c2nnc(SCc3ccccc3Cl)s2)ccc1OCc1ccccc1. The Morgan fingerprint density at radius 3 is 2.30 bits per heavy atom. The first-order valence-electron chi connectivity index (χ1n) is 16.9. The lowest BCUT2D eigenvalue weighted by atomic mass is 9.95. The van der Waals surface area contributed by atoms with Gasteiger partial charge in [0.2, 0.25) is 5.13 Å². The fourth-order valence-corrected chi connectivity index (χ4v) is 8.12. The molecule has 9 nitrogen and oxygen atoms in total. The van der Waals surface area contributed by atoms with Crippen molar-refractivity contribution in [1.82, 2.24) is 10.2 Å². The summed E-state index contributed by atoms with van der Waals surface area (Å²) in [7, 11) is 1.52. The van der Waals surface area contributed by atoms with E-state index in [4.69, 9.17) is 25.8 Å². The van der Waals surface area contributed by atoms with Gasteiger partial charge in [0.05, 0.1) is 18.7 Å². The third-order valence-corrected chi connectivity index (χ3v) is 11.4. The highest BCUT2D eigenvalue weighted by molar-refractivity contribution is 8.00. The van der Waals surface area contributed by atoms with Gasteiger partial charge in [-0.25, -0.2) is 0 Å². The van der Waals surface area contributed by atoms with E-state index < -0.39 is 17.7 Å². The molecule has 1 aliphatic heterocycles. The molecule has 1 amide bonds. The van der Waals surface area contributed by atoms with Crippen LogP contribution in [0.15, 0.2) is 131 Å². The Morgan fingerprint density at radius 1 is 0.833 bits per heavy atom. The Labute approximate surface area is 325 Å². The van der Waals surface area contributed by atoms with Gasteiger partial charge in [-0.1, -0.05) is 114 Å². The molecule has 0 radical (unpaired) electrons. The number of aromatic nitrogens is 2. The number of methoxy groups -OCH3 is 1. The molecule has 0 aliphatic carbocycles. The van der Waals surface area contributed by atoms with Gasteiger partial charge in [-0.3, -0.25) is 14.5 Å². The van der Waals surface area contributed by atoms with Gasteiger partial charge in [0.15, 0.2) is 15.8 Å². The normalized spacial score (nSPS) is 15.0. The number of benzene rings is 5. The summed E-state index contributed by atoms with van der Waals surface area (Å²) < 4.78 is 18.4. The second-order valence-electron chi connectivity index (χ2n) is 12.3. The summed E-state index contributed by atoms with van der Waals surface area (Å²) in [6, 6.07) is 36.1. The van der Waals surface area contributed by atoms with Crippen LogP contribution in [0.3, 0.4) is 0 Å². The number of aryl methyl sites for hydroxylation is 1. The molecule has 6 aromatic rings. The van der Waals surface area contributed by atoms with Gasteiger partial charge >= 0.3 is 5.91 Å². The highest BCUT2D eigenvalue weighted by atomic mass is 35.5. The average Bonchev–Trinajstić information content (AvgIpc) is 3.77. The summed E-state index contributed by atoms with van der Waals surface area (Å²) in [4.78, 5) is 29.1. The molecule has 7 rings (SSSR count). The number of aliphatic hydroxyl groups is 1. The maximum Gasteiger partial charge on any atom is 0.301 e. The van der Waals surface area contributed by atoms with Crippen molar-refractivity contribution in [3.63, 3.8) is 0 Å². The van der Waals surface area contributed by atoms with Gasteiger partial charge in [0.1, 0.15) is 24.7 Å². The summed E-state index contributed by atoms with van der Waals surface area (Å²) in [6.45, 7) is 2.70. The van der Waals surface area contributed by atoms with Gasteiger partial charge in [0, 0.05) is 16.3 Å². The van der Waals surface area contributed by atoms with Crippen molar-refractivity contribution in [3.8, 4) is 17.2 Å². The zero-order chi connectivity index (χ0) is 37.6. The van der Waals surface area contributed by atoms with Crippen LogP contribution in [0.1, 0.15) is 39.4 Å². The van der Waals surface area contributed by atoms with Crippen LogP contribution in [0.2, 0.25) is 5.02 Å². The van der Waals surface area contributed by atoms with E-state index in [1.807, 2.05) is 85.8 Å². The number of carbonyl (C=O) groups excluding carboxylic acids is 2. The van der Waals surface area contributed by atoms with Gasteiger partial charge in [0.25, 0.3) is 5.78 Å². The van der Waals surface area contributed by atoms with Crippen LogP contribution in [0.4, 0.5) is 5.13 Å². The van der Waals surface area contributed by atoms with E-state index >= 15 is 0 Å². The average molecular weight is 776 g/mol. The largest absolute Gasteiger partial charge is 0.507 e. The fourth-order valence-electron chi connectivity index (χ4n) is 5.96. The van der Waals surface area contributed by atoms with Crippen LogP contribution >= 0.6 is 34.7 Å². The molecule has 5 aromatic carbocycles. The number of hydrogen-bond donors (Lipinski definition) is 1. The van der Waals surface area contributed by atoms with Crippen LogP contribution in [-0.4, -0.2) is 34.1 Å². The molecule has 2 heterocycles. The molecule has 1 atom stereocenters. The first-order chi connectivity index (χ1) is 26.3. The van der Waals surface area contributed by atoms with Crippen LogP contribution in [0.5, 0.6) is 17.2 Å².